The summed E-state index contributed by atoms with van der Waals surface area (Å²) in [4.78, 5) is 11.4. The summed E-state index contributed by atoms with van der Waals surface area (Å²) in [7, 11) is 0. The second-order valence-corrected chi connectivity index (χ2v) is 3.06. The summed E-state index contributed by atoms with van der Waals surface area (Å²) in [6, 6.07) is 7.05. The minimum absolute atomic E-state index is 0.0746. The highest BCUT2D eigenvalue weighted by Crippen LogP contribution is 2.07. The van der Waals surface area contributed by atoms with E-state index in [0.717, 1.165) is 5.56 Å². The Bertz CT molecular complexity index is 344. The first-order chi connectivity index (χ1) is 7.27. The van der Waals surface area contributed by atoms with Gasteiger partial charge in [-0.25, -0.2) is 4.79 Å². The van der Waals surface area contributed by atoms with Gasteiger partial charge in [0.2, 0.25) is 0 Å². The number of aliphatic hydroxyl groups is 1. The second kappa shape index (κ2) is 5.98. The number of hydrogen-bond acceptors (Lipinski definition) is 3. The van der Waals surface area contributed by atoms with Crippen molar-refractivity contribution < 1.29 is 14.6 Å². The Morgan fingerprint density at radius 3 is 3.00 bits per heavy atom. The molecule has 1 aromatic rings. The fourth-order valence-electron chi connectivity index (χ4n) is 1.20. The van der Waals surface area contributed by atoms with Crippen molar-refractivity contribution in [3.63, 3.8) is 0 Å². The third-order valence-electron chi connectivity index (χ3n) is 1.90. The van der Waals surface area contributed by atoms with Gasteiger partial charge in [0.15, 0.2) is 0 Å². The van der Waals surface area contributed by atoms with Gasteiger partial charge in [0, 0.05) is 6.61 Å². The molecule has 0 bridgehead atoms. The standard InChI is InChI=1S/C12H14O3/c1-2-8-15-12(14)11-5-3-4-10(9-11)6-7-13/h2-5,9,13H,1,6-8H2. The summed E-state index contributed by atoms with van der Waals surface area (Å²) in [5.74, 6) is -0.366. The molecule has 0 aromatic heterocycles. The molecule has 15 heavy (non-hydrogen) atoms. The molecule has 0 aliphatic rings. The largest absolute Gasteiger partial charge is 0.458 e. The number of carbonyl (C=O) groups excluding carboxylic acids is 1. The number of rotatable bonds is 5. The van der Waals surface area contributed by atoms with Gasteiger partial charge in [-0.2, -0.15) is 0 Å². The first kappa shape index (κ1) is 11.5. The van der Waals surface area contributed by atoms with Crippen molar-refractivity contribution in [3.05, 3.63) is 48.0 Å². The van der Waals surface area contributed by atoms with Crippen molar-refractivity contribution in [2.24, 2.45) is 0 Å². The molecule has 0 unspecified atom stereocenters. The van der Waals surface area contributed by atoms with Crippen LogP contribution in [-0.2, 0) is 11.2 Å². The number of benzene rings is 1. The van der Waals surface area contributed by atoms with Crippen LogP contribution in [0.15, 0.2) is 36.9 Å². The highest BCUT2D eigenvalue weighted by atomic mass is 16.5. The first-order valence-electron chi connectivity index (χ1n) is 4.75. The number of esters is 1. The van der Waals surface area contributed by atoms with Gasteiger partial charge in [-0.1, -0.05) is 24.8 Å². The quantitative estimate of drug-likeness (QED) is 0.587. The third kappa shape index (κ3) is 3.56. The lowest BCUT2D eigenvalue weighted by Gasteiger charge is -2.03. The smallest absolute Gasteiger partial charge is 0.338 e. The monoisotopic (exact) mass is 206 g/mol. The molecule has 1 N–H and O–H groups in total. The average Bonchev–Trinajstić information content (AvgIpc) is 2.27. The molecule has 0 saturated carbocycles. The summed E-state index contributed by atoms with van der Waals surface area (Å²) in [6.07, 6.45) is 2.07. The van der Waals surface area contributed by atoms with Crippen LogP contribution < -0.4 is 0 Å². The molecule has 3 heteroatoms. The lowest BCUT2D eigenvalue weighted by atomic mass is 10.1. The molecular formula is C12H14O3. The Balaban J connectivity index is 2.71. The van der Waals surface area contributed by atoms with Crippen LogP contribution >= 0.6 is 0 Å². The lowest BCUT2D eigenvalue weighted by molar-refractivity contribution is 0.0549. The maximum Gasteiger partial charge on any atom is 0.338 e. The van der Waals surface area contributed by atoms with Crippen LogP contribution in [0.3, 0.4) is 0 Å². The van der Waals surface area contributed by atoms with Crippen molar-refractivity contribution in [2.75, 3.05) is 13.2 Å². The average molecular weight is 206 g/mol. The van der Waals surface area contributed by atoms with Crippen molar-refractivity contribution in [2.45, 2.75) is 6.42 Å². The fraction of sp³-hybridized carbons (Fsp3) is 0.250. The Morgan fingerprint density at radius 1 is 1.53 bits per heavy atom. The molecular weight excluding hydrogens is 192 g/mol. The van der Waals surface area contributed by atoms with Crippen LogP contribution in [0, 0.1) is 0 Å². The van der Waals surface area contributed by atoms with E-state index in [2.05, 4.69) is 6.58 Å². The molecule has 3 nitrogen and oxygen atoms in total. The molecule has 0 aliphatic carbocycles. The molecule has 0 heterocycles. The van der Waals surface area contributed by atoms with E-state index in [4.69, 9.17) is 9.84 Å². The zero-order valence-electron chi connectivity index (χ0n) is 8.48. The van der Waals surface area contributed by atoms with Gasteiger partial charge in [0.25, 0.3) is 0 Å². The van der Waals surface area contributed by atoms with Gasteiger partial charge in [-0.05, 0) is 24.1 Å². The van der Waals surface area contributed by atoms with Gasteiger partial charge < -0.3 is 9.84 Å². The minimum Gasteiger partial charge on any atom is -0.458 e. The van der Waals surface area contributed by atoms with Crippen molar-refractivity contribution in [1.82, 2.24) is 0 Å². The van der Waals surface area contributed by atoms with Crippen LogP contribution in [0.25, 0.3) is 0 Å². The first-order valence-corrected chi connectivity index (χ1v) is 4.75. The molecule has 0 fully saturated rings. The molecule has 0 saturated heterocycles. The summed E-state index contributed by atoms with van der Waals surface area (Å²) >= 11 is 0. The maximum absolute atomic E-state index is 11.4. The number of ether oxygens (including phenoxy) is 1. The van der Waals surface area contributed by atoms with Crippen molar-refractivity contribution >= 4 is 5.97 Å². The van der Waals surface area contributed by atoms with Gasteiger partial charge in [-0.15, -0.1) is 0 Å². The molecule has 80 valence electrons. The van der Waals surface area contributed by atoms with Gasteiger partial charge in [-0.3, -0.25) is 0 Å². The number of carbonyl (C=O) groups is 1. The summed E-state index contributed by atoms with van der Waals surface area (Å²) in [5, 5.41) is 8.76. The molecule has 0 aliphatic heterocycles. The zero-order chi connectivity index (χ0) is 11.1. The molecule has 0 radical (unpaired) electrons. The second-order valence-electron chi connectivity index (χ2n) is 3.06. The molecule has 0 atom stereocenters. The minimum atomic E-state index is -0.366. The highest BCUT2D eigenvalue weighted by Gasteiger charge is 2.06. The zero-order valence-corrected chi connectivity index (χ0v) is 8.48. The van der Waals surface area contributed by atoms with E-state index < -0.39 is 0 Å². The van der Waals surface area contributed by atoms with Crippen LogP contribution in [0.1, 0.15) is 15.9 Å². The van der Waals surface area contributed by atoms with E-state index >= 15 is 0 Å². The predicted molar refractivity (Wildman–Crippen MR) is 57.7 cm³/mol. The summed E-state index contributed by atoms with van der Waals surface area (Å²) in [5.41, 5.74) is 1.42. The van der Waals surface area contributed by atoms with Crippen molar-refractivity contribution in [1.29, 1.82) is 0 Å². The predicted octanol–water partition coefficient (Wildman–Crippen LogP) is 1.56. The fourth-order valence-corrected chi connectivity index (χ4v) is 1.20. The maximum atomic E-state index is 11.4. The van der Waals surface area contributed by atoms with E-state index in [1.165, 1.54) is 6.08 Å². The summed E-state index contributed by atoms with van der Waals surface area (Å²) in [6.45, 7) is 3.75. The van der Waals surface area contributed by atoms with E-state index in [1.54, 1.807) is 18.2 Å². The van der Waals surface area contributed by atoms with E-state index in [-0.39, 0.29) is 19.2 Å². The highest BCUT2D eigenvalue weighted by molar-refractivity contribution is 5.89. The third-order valence-corrected chi connectivity index (χ3v) is 1.90. The molecule has 0 amide bonds. The van der Waals surface area contributed by atoms with Gasteiger partial charge in [0.1, 0.15) is 6.61 Å². The van der Waals surface area contributed by atoms with Gasteiger partial charge in [0.05, 0.1) is 5.56 Å². The Hall–Kier alpha value is -1.61. The SMILES string of the molecule is C=CCOC(=O)c1cccc(CCO)c1. The molecule has 1 aromatic carbocycles. The normalized spacial score (nSPS) is 9.67. The van der Waals surface area contributed by atoms with Crippen LogP contribution in [0.2, 0.25) is 0 Å². The number of aliphatic hydroxyl groups excluding tert-OH is 1. The Morgan fingerprint density at radius 2 is 2.33 bits per heavy atom. The Labute approximate surface area is 89.0 Å². The molecule has 0 spiro atoms. The summed E-state index contributed by atoms with van der Waals surface area (Å²) < 4.78 is 4.89. The number of hydrogen-bond donors (Lipinski definition) is 1. The van der Waals surface area contributed by atoms with Crippen LogP contribution in [-0.4, -0.2) is 24.3 Å². The van der Waals surface area contributed by atoms with E-state index in [1.807, 2.05) is 6.07 Å². The topological polar surface area (TPSA) is 46.5 Å². The van der Waals surface area contributed by atoms with Crippen LogP contribution in [0.5, 0.6) is 0 Å². The Kier molecular flexibility index (Phi) is 4.57. The van der Waals surface area contributed by atoms with Gasteiger partial charge >= 0.3 is 5.97 Å². The molecule has 1 rings (SSSR count). The van der Waals surface area contributed by atoms with Crippen molar-refractivity contribution in [3.8, 4) is 0 Å². The van der Waals surface area contributed by atoms with E-state index in [9.17, 15) is 4.79 Å². The van der Waals surface area contributed by atoms with Crippen LogP contribution in [0.4, 0.5) is 0 Å². The lowest BCUT2D eigenvalue weighted by Crippen LogP contribution is -2.05. The van der Waals surface area contributed by atoms with E-state index in [0.29, 0.717) is 12.0 Å².